The van der Waals surface area contributed by atoms with Gasteiger partial charge < -0.3 is 14.8 Å². The first kappa shape index (κ1) is 19.8. The minimum absolute atomic E-state index is 0.196. The van der Waals surface area contributed by atoms with Crippen LogP contribution in [0.15, 0.2) is 83.7 Å². The Balaban J connectivity index is 1.47. The maximum absolute atomic E-state index is 12.8. The first-order valence-corrected chi connectivity index (χ1v) is 10.3. The molecule has 2 aliphatic rings. The van der Waals surface area contributed by atoms with E-state index in [0.717, 1.165) is 32.4 Å². The molecule has 2 aromatic rings. The fraction of sp³-hybridized carbons (Fsp3) is 0.174. The van der Waals surface area contributed by atoms with Crippen molar-refractivity contribution in [2.24, 2.45) is 0 Å². The minimum Gasteiger partial charge on any atom is -0.501 e. The molecule has 2 heterocycles. The summed E-state index contributed by atoms with van der Waals surface area (Å²) in [6.45, 7) is 0. The zero-order chi connectivity index (χ0) is 20.9. The van der Waals surface area contributed by atoms with Crippen LogP contribution in [0.3, 0.4) is 0 Å². The zero-order valence-corrected chi connectivity index (χ0v) is 17.5. The molecule has 0 bridgehead atoms. The Morgan fingerprint density at radius 2 is 2.07 bits per heavy atom. The van der Waals surface area contributed by atoms with Crippen LogP contribution in [-0.2, 0) is 14.3 Å². The molecule has 1 amide bonds. The van der Waals surface area contributed by atoms with Gasteiger partial charge in [-0.2, -0.15) is 0 Å². The minimum atomic E-state index is -0.196. The fourth-order valence-electron chi connectivity index (χ4n) is 3.09. The van der Waals surface area contributed by atoms with E-state index in [1.807, 2.05) is 42.5 Å². The van der Waals surface area contributed by atoms with Gasteiger partial charge >= 0.3 is 0 Å². The number of nitrogens with one attached hydrogen (secondary N) is 1. The number of fused-ring (bicyclic) bond motifs is 1. The van der Waals surface area contributed by atoms with Crippen LogP contribution in [0.5, 0.6) is 0 Å². The lowest BCUT2D eigenvalue weighted by atomic mass is 10.1. The second-order valence-electron chi connectivity index (χ2n) is 6.64. The van der Waals surface area contributed by atoms with Crippen LogP contribution >= 0.6 is 11.3 Å². The highest BCUT2D eigenvalue weighted by atomic mass is 32.1. The molecule has 2 aromatic heterocycles. The number of thiazole rings is 1. The maximum atomic E-state index is 12.8. The summed E-state index contributed by atoms with van der Waals surface area (Å²) >= 11 is 1.57. The van der Waals surface area contributed by atoms with E-state index in [-0.39, 0.29) is 5.91 Å². The Labute approximate surface area is 178 Å². The highest BCUT2D eigenvalue weighted by Crippen LogP contribution is 2.29. The number of ether oxygens (including phenoxy) is 2. The molecule has 0 saturated carbocycles. The number of pyridine rings is 1. The molecule has 6 nitrogen and oxygen atoms in total. The summed E-state index contributed by atoms with van der Waals surface area (Å²) in [5.41, 5.74) is 3.25. The van der Waals surface area contributed by atoms with Gasteiger partial charge in [0.05, 0.1) is 14.2 Å². The van der Waals surface area contributed by atoms with Crippen molar-refractivity contribution in [3.05, 3.63) is 88.7 Å². The van der Waals surface area contributed by atoms with Crippen molar-refractivity contribution in [1.82, 2.24) is 15.3 Å². The van der Waals surface area contributed by atoms with E-state index in [9.17, 15) is 4.79 Å². The first-order chi connectivity index (χ1) is 14.7. The van der Waals surface area contributed by atoms with Gasteiger partial charge in [0.1, 0.15) is 26.9 Å². The van der Waals surface area contributed by atoms with Crippen LogP contribution in [0.2, 0.25) is 0 Å². The Hall–Kier alpha value is -3.45. The van der Waals surface area contributed by atoms with E-state index in [4.69, 9.17) is 9.47 Å². The van der Waals surface area contributed by atoms with Gasteiger partial charge in [-0.1, -0.05) is 35.6 Å². The van der Waals surface area contributed by atoms with E-state index in [1.54, 1.807) is 43.9 Å². The Morgan fingerprint density at radius 1 is 1.17 bits per heavy atom. The van der Waals surface area contributed by atoms with E-state index < -0.39 is 0 Å². The molecule has 30 heavy (non-hydrogen) atoms. The van der Waals surface area contributed by atoms with E-state index in [2.05, 4.69) is 15.3 Å². The number of amides is 1. The van der Waals surface area contributed by atoms with Crippen LogP contribution < -0.4 is 5.32 Å². The summed E-state index contributed by atoms with van der Waals surface area (Å²) in [5, 5.41) is 3.91. The van der Waals surface area contributed by atoms with Gasteiger partial charge in [0.2, 0.25) is 0 Å². The first-order valence-electron chi connectivity index (χ1n) is 9.47. The van der Waals surface area contributed by atoms with Crippen LogP contribution in [0.25, 0.3) is 15.9 Å². The van der Waals surface area contributed by atoms with E-state index >= 15 is 0 Å². The molecule has 1 N–H and O–H groups in total. The quantitative estimate of drug-likeness (QED) is 0.776. The fourth-order valence-corrected chi connectivity index (χ4v) is 4.03. The number of allylic oxidation sites excluding steroid dienone is 7. The second kappa shape index (κ2) is 8.92. The number of nitrogens with zero attached hydrogens (tertiary/aromatic N) is 2. The normalized spacial score (nSPS) is 16.4. The SMILES string of the molecule is COC1=CC(C(=O)NC2=CCC(c3nc4cccnc4s3)=CC=C2)=CCC(OC)=C1. The van der Waals surface area contributed by atoms with Crippen molar-refractivity contribution in [3.63, 3.8) is 0 Å². The molecule has 0 radical (unpaired) electrons. The van der Waals surface area contributed by atoms with Gasteiger partial charge in [-0.05, 0) is 36.3 Å². The molecule has 0 aromatic carbocycles. The average Bonchev–Trinajstić information content (AvgIpc) is 2.92. The van der Waals surface area contributed by atoms with Gasteiger partial charge in [-0.25, -0.2) is 9.97 Å². The van der Waals surface area contributed by atoms with Gasteiger partial charge in [-0.3, -0.25) is 4.79 Å². The summed E-state index contributed by atoms with van der Waals surface area (Å²) in [7, 11) is 3.17. The molecular weight excluding hydrogens is 398 g/mol. The van der Waals surface area contributed by atoms with Crippen molar-refractivity contribution in [2.45, 2.75) is 12.8 Å². The van der Waals surface area contributed by atoms with Gasteiger partial charge in [-0.15, -0.1) is 0 Å². The lowest BCUT2D eigenvalue weighted by Crippen LogP contribution is -2.23. The molecule has 0 aliphatic heterocycles. The summed E-state index contributed by atoms with van der Waals surface area (Å²) in [6.07, 6.45) is 16.1. The highest BCUT2D eigenvalue weighted by Gasteiger charge is 2.15. The average molecular weight is 420 g/mol. The van der Waals surface area contributed by atoms with Crippen molar-refractivity contribution in [3.8, 4) is 0 Å². The predicted molar refractivity (Wildman–Crippen MR) is 118 cm³/mol. The summed E-state index contributed by atoms with van der Waals surface area (Å²) in [5.74, 6) is 1.11. The van der Waals surface area contributed by atoms with Crippen molar-refractivity contribution < 1.29 is 14.3 Å². The number of methoxy groups -OCH3 is 2. The maximum Gasteiger partial charge on any atom is 0.255 e. The van der Waals surface area contributed by atoms with Crippen LogP contribution in [0.4, 0.5) is 0 Å². The third-order valence-electron chi connectivity index (χ3n) is 4.70. The topological polar surface area (TPSA) is 73.3 Å². The predicted octanol–water partition coefficient (Wildman–Crippen LogP) is 4.43. The molecule has 0 saturated heterocycles. The van der Waals surface area contributed by atoms with Gasteiger partial charge in [0, 0.05) is 30.0 Å². The lowest BCUT2D eigenvalue weighted by molar-refractivity contribution is -0.116. The standard InChI is InChI=1S/C23H21N3O3S/c1-28-18-11-9-16(13-19(14-18)29-2)21(27)25-17-6-3-5-15(8-10-17)22-26-20-7-4-12-24-23(20)30-22/h3-7,9-10,12-14H,8,11H2,1-2H3,(H,25,27). The summed E-state index contributed by atoms with van der Waals surface area (Å²) in [4.78, 5) is 22.8. The van der Waals surface area contributed by atoms with Crippen LogP contribution in [-0.4, -0.2) is 30.1 Å². The number of carbonyl (C=O) groups excluding carboxylic acids is 1. The smallest absolute Gasteiger partial charge is 0.255 e. The summed E-state index contributed by atoms with van der Waals surface area (Å²) < 4.78 is 10.6. The zero-order valence-electron chi connectivity index (χ0n) is 16.7. The Kier molecular flexibility index (Phi) is 5.90. The molecule has 0 unspecified atom stereocenters. The third-order valence-corrected chi connectivity index (χ3v) is 5.75. The molecule has 0 spiro atoms. The van der Waals surface area contributed by atoms with Crippen molar-refractivity contribution >= 4 is 33.2 Å². The monoisotopic (exact) mass is 419 g/mol. The van der Waals surface area contributed by atoms with E-state index in [1.165, 1.54) is 0 Å². The van der Waals surface area contributed by atoms with Gasteiger partial charge in [0.15, 0.2) is 0 Å². The molecule has 0 fully saturated rings. The van der Waals surface area contributed by atoms with Gasteiger partial charge in [0.25, 0.3) is 5.91 Å². The van der Waals surface area contributed by atoms with Crippen molar-refractivity contribution in [1.29, 1.82) is 0 Å². The third kappa shape index (κ3) is 4.41. The lowest BCUT2D eigenvalue weighted by Gasteiger charge is -2.07. The number of aromatic nitrogens is 2. The number of carbonyl (C=O) groups is 1. The molecule has 7 heteroatoms. The second-order valence-corrected chi connectivity index (χ2v) is 7.62. The number of hydrogen-bond acceptors (Lipinski definition) is 6. The molecule has 152 valence electrons. The molecule has 4 rings (SSSR count). The van der Waals surface area contributed by atoms with E-state index in [0.29, 0.717) is 24.2 Å². The molecular formula is C23H21N3O3S. The largest absolute Gasteiger partial charge is 0.501 e. The Morgan fingerprint density at radius 3 is 2.87 bits per heavy atom. The van der Waals surface area contributed by atoms with Crippen LogP contribution in [0.1, 0.15) is 17.8 Å². The van der Waals surface area contributed by atoms with Crippen molar-refractivity contribution in [2.75, 3.05) is 14.2 Å². The number of rotatable bonds is 5. The van der Waals surface area contributed by atoms with Crippen LogP contribution in [0, 0.1) is 0 Å². The summed E-state index contributed by atoms with van der Waals surface area (Å²) in [6, 6.07) is 3.85. The molecule has 2 aliphatic carbocycles. The highest BCUT2D eigenvalue weighted by molar-refractivity contribution is 7.19. The molecule has 0 atom stereocenters. The Bertz CT molecular complexity index is 1130. The number of hydrogen-bond donors (Lipinski definition) is 1.